The Morgan fingerprint density at radius 2 is 2.00 bits per heavy atom. The van der Waals surface area contributed by atoms with Crippen molar-refractivity contribution in [1.82, 2.24) is 9.36 Å². The van der Waals surface area contributed by atoms with Crippen molar-refractivity contribution >= 4 is 27.5 Å². The first kappa shape index (κ1) is 9.80. The molecule has 4 heteroatoms. The monoisotopic (exact) mass is 268 g/mol. The first-order valence-corrected chi connectivity index (χ1v) is 6.14. The Labute approximate surface area is 95.3 Å². The third-order valence-electron chi connectivity index (χ3n) is 1.89. The van der Waals surface area contributed by atoms with Crippen molar-refractivity contribution in [2.75, 3.05) is 0 Å². The molecule has 0 aliphatic heterocycles. The first-order valence-electron chi connectivity index (χ1n) is 4.25. The Morgan fingerprint density at radius 1 is 1.29 bits per heavy atom. The Hall–Kier alpha value is -0.740. The molecule has 0 spiro atoms. The zero-order valence-electron chi connectivity index (χ0n) is 7.70. The van der Waals surface area contributed by atoms with Crippen LogP contribution < -0.4 is 0 Å². The summed E-state index contributed by atoms with van der Waals surface area (Å²) in [6.45, 7) is 2.07. The van der Waals surface area contributed by atoms with Gasteiger partial charge in [0.1, 0.15) is 5.01 Å². The largest absolute Gasteiger partial charge is 0.219 e. The van der Waals surface area contributed by atoms with Gasteiger partial charge in [-0.25, -0.2) is 4.98 Å². The van der Waals surface area contributed by atoms with Crippen molar-refractivity contribution in [1.29, 1.82) is 0 Å². The van der Waals surface area contributed by atoms with Gasteiger partial charge < -0.3 is 0 Å². The number of hydrogen-bond donors (Lipinski definition) is 0. The Bertz CT molecular complexity index is 422. The summed E-state index contributed by atoms with van der Waals surface area (Å²) in [5.41, 5.74) is 2.34. The van der Waals surface area contributed by atoms with Gasteiger partial charge >= 0.3 is 0 Å². The van der Waals surface area contributed by atoms with Gasteiger partial charge in [-0.2, -0.15) is 4.37 Å². The predicted molar refractivity (Wildman–Crippen MR) is 62.7 cm³/mol. The van der Waals surface area contributed by atoms with E-state index in [1.807, 2.05) is 0 Å². The summed E-state index contributed by atoms with van der Waals surface area (Å²) in [5.74, 6) is 0.824. The molecule has 14 heavy (non-hydrogen) atoms. The van der Waals surface area contributed by atoms with Gasteiger partial charge in [-0.3, -0.25) is 0 Å². The van der Waals surface area contributed by atoms with Crippen LogP contribution in [-0.2, 0) is 5.33 Å². The van der Waals surface area contributed by atoms with E-state index in [-0.39, 0.29) is 0 Å². The summed E-state index contributed by atoms with van der Waals surface area (Å²) < 4.78 is 4.29. The predicted octanol–water partition coefficient (Wildman–Crippen LogP) is 3.41. The quantitative estimate of drug-likeness (QED) is 0.781. The molecule has 1 aromatic heterocycles. The molecule has 1 heterocycles. The number of aryl methyl sites for hydroxylation is 1. The zero-order chi connectivity index (χ0) is 9.97. The summed E-state index contributed by atoms with van der Waals surface area (Å²) in [5, 5.41) is 1.79. The van der Waals surface area contributed by atoms with Crippen molar-refractivity contribution < 1.29 is 0 Å². The van der Waals surface area contributed by atoms with E-state index in [0.717, 1.165) is 21.7 Å². The fourth-order valence-corrected chi connectivity index (χ4v) is 2.08. The van der Waals surface area contributed by atoms with Crippen LogP contribution in [0.3, 0.4) is 0 Å². The minimum atomic E-state index is 0.774. The molecule has 0 amide bonds. The molecule has 0 radical (unpaired) electrons. The van der Waals surface area contributed by atoms with Crippen molar-refractivity contribution in [3.63, 3.8) is 0 Å². The van der Waals surface area contributed by atoms with Crippen LogP contribution in [0, 0.1) is 6.92 Å². The Morgan fingerprint density at radius 3 is 2.57 bits per heavy atom. The molecule has 0 N–H and O–H groups in total. The van der Waals surface area contributed by atoms with Gasteiger partial charge in [0.2, 0.25) is 0 Å². The van der Waals surface area contributed by atoms with Gasteiger partial charge in [0.15, 0.2) is 5.82 Å². The molecule has 2 nitrogen and oxygen atoms in total. The number of alkyl halides is 1. The van der Waals surface area contributed by atoms with E-state index < -0.39 is 0 Å². The third-order valence-corrected chi connectivity index (χ3v) is 3.51. The lowest BCUT2D eigenvalue weighted by atomic mass is 10.1. The second-order valence-electron chi connectivity index (χ2n) is 3.01. The Kier molecular flexibility index (Phi) is 2.93. The fraction of sp³-hybridized carbons (Fsp3) is 0.200. The molecule has 0 bridgehead atoms. The van der Waals surface area contributed by atoms with Crippen LogP contribution in [0.2, 0.25) is 0 Å². The number of nitrogens with zero attached hydrogens (tertiary/aromatic N) is 2. The van der Waals surface area contributed by atoms with Gasteiger partial charge in [0.05, 0.1) is 5.33 Å². The molecule has 0 saturated heterocycles. The van der Waals surface area contributed by atoms with Crippen LogP contribution in [0.15, 0.2) is 24.3 Å². The van der Waals surface area contributed by atoms with Crippen LogP contribution in [-0.4, -0.2) is 9.36 Å². The van der Waals surface area contributed by atoms with E-state index in [2.05, 4.69) is 56.5 Å². The van der Waals surface area contributed by atoms with Crippen molar-refractivity contribution in [3.8, 4) is 11.4 Å². The average molecular weight is 269 g/mol. The molecule has 0 unspecified atom stereocenters. The second-order valence-corrected chi connectivity index (χ2v) is 4.41. The highest BCUT2D eigenvalue weighted by Crippen LogP contribution is 2.19. The molecule has 2 rings (SSSR count). The van der Waals surface area contributed by atoms with Gasteiger partial charge in [-0.05, 0) is 18.5 Å². The van der Waals surface area contributed by atoms with E-state index in [9.17, 15) is 0 Å². The van der Waals surface area contributed by atoms with Gasteiger partial charge in [-0.15, -0.1) is 0 Å². The molecule has 0 atom stereocenters. The van der Waals surface area contributed by atoms with E-state index in [0.29, 0.717) is 0 Å². The molecule has 0 saturated carbocycles. The highest BCUT2D eigenvalue weighted by molar-refractivity contribution is 9.08. The molecule has 72 valence electrons. The van der Waals surface area contributed by atoms with Crippen LogP contribution in [0.4, 0.5) is 0 Å². The normalized spacial score (nSPS) is 10.4. The first-order chi connectivity index (χ1) is 6.79. The summed E-state index contributed by atoms with van der Waals surface area (Å²) in [4.78, 5) is 4.39. The van der Waals surface area contributed by atoms with Crippen LogP contribution in [0.5, 0.6) is 0 Å². The number of rotatable bonds is 2. The van der Waals surface area contributed by atoms with Crippen molar-refractivity contribution in [3.05, 3.63) is 34.8 Å². The topological polar surface area (TPSA) is 25.8 Å². The third kappa shape index (κ3) is 2.01. The highest BCUT2D eigenvalue weighted by atomic mass is 79.9. The molecule has 0 fully saturated rings. The average Bonchev–Trinajstić information content (AvgIpc) is 2.67. The summed E-state index contributed by atoms with van der Waals surface area (Å²) in [6, 6.07) is 8.25. The summed E-state index contributed by atoms with van der Waals surface area (Å²) in [7, 11) is 0. The molecule has 1 aromatic carbocycles. The second kappa shape index (κ2) is 4.19. The lowest BCUT2D eigenvalue weighted by Gasteiger charge is -1.95. The number of halogens is 1. The lowest BCUT2D eigenvalue weighted by Crippen LogP contribution is -1.81. The van der Waals surface area contributed by atoms with Gasteiger partial charge in [-0.1, -0.05) is 45.8 Å². The van der Waals surface area contributed by atoms with E-state index >= 15 is 0 Å². The summed E-state index contributed by atoms with van der Waals surface area (Å²) >= 11 is 4.80. The van der Waals surface area contributed by atoms with Gasteiger partial charge in [0, 0.05) is 5.56 Å². The molecule has 2 aromatic rings. The zero-order valence-corrected chi connectivity index (χ0v) is 10.1. The van der Waals surface area contributed by atoms with Crippen LogP contribution in [0.25, 0.3) is 11.4 Å². The van der Waals surface area contributed by atoms with Crippen LogP contribution in [0.1, 0.15) is 10.6 Å². The minimum absolute atomic E-state index is 0.774. The van der Waals surface area contributed by atoms with Crippen molar-refractivity contribution in [2.24, 2.45) is 0 Å². The van der Waals surface area contributed by atoms with Crippen molar-refractivity contribution in [2.45, 2.75) is 12.3 Å². The maximum absolute atomic E-state index is 4.39. The smallest absolute Gasteiger partial charge is 0.173 e. The van der Waals surface area contributed by atoms with Crippen LogP contribution >= 0.6 is 27.5 Å². The maximum atomic E-state index is 4.39. The minimum Gasteiger partial charge on any atom is -0.219 e. The highest BCUT2D eigenvalue weighted by Gasteiger charge is 2.04. The van der Waals surface area contributed by atoms with E-state index in [1.165, 1.54) is 17.1 Å². The molecule has 0 aliphatic rings. The molecular formula is C10H9BrN2S. The fourth-order valence-electron chi connectivity index (χ4n) is 1.13. The maximum Gasteiger partial charge on any atom is 0.173 e. The van der Waals surface area contributed by atoms with E-state index in [4.69, 9.17) is 0 Å². The SMILES string of the molecule is Cc1ccc(-c2nsc(CBr)n2)cc1. The number of aromatic nitrogens is 2. The number of benzene rings is 1. The lowest BCUT2D eigenvalue weighted by molar-refractivity contribution is 1.24. The van der Waals surface area contributed by atoms with E-state index in [1.54, 1.807) is 0 Å². The number of hydrogen-bond acceptors (Lipinski definition) is 3. The summed E-state index contributed by atoms with van der Waals surface area (Å²) in [6.07, 6.45) is 0. The van der Waals surface area contributed by atoms with Gasteiger partial charge in [0.25, 0.3) is 0 Å². The molecule has 0 aliphatic carbocycles. The molecular weight excluding hydrogens is 260 g/mol. The standard InChI is InChI=1S/C10H9BrN2S/c1-7-2-4-8(5-3-7)10-12-9(6-11)14-13-10/h2-5H,6H2,1H3. The Balaban J connectivity index is 2.34.